The van der Waals surface area contributed by atoms with E-state index in [0.717, 1.165) is 18.7 Å². The summed E-state index contributed by atoms with van der Waals surface area (Å²) in [5.41, 5.74) is 1.23. The molecule has 4 heteroatoms. The lowest BCUT2D eigenvalue weighted by Crippen LogP contribution is -1.90. The van der Waals surface area contributed by atoms with E-state index >= 15 is 0 Å². The maximum absolute atomic E-state index is 5.66. The van der Waals surface area contributed by atoms with Crippen molar-refractivity contribution in [2.75, 3.05) is 11.6 Å². The van der Waals surface area contributed by atoms with Crippen molar-refractivity contribution in [1.29, 1.82) is 0 Å². The minimum atomic E-state index is 0.685. The van der Waals surface area contributed by atoms with Crippen molar-refractivity contribution in [1.82, 2.24) is 4.98 Å². The first-order valence-corrected chi connectivity index (χ1v) is 7.48. The number of aryl methyl sites for hydroxylation is 1. The Morgan fingerprint density at radius 2 is 2.50 bits per heavy atom. The Bertz CT molecular complexity index is 281. The number of hydrogen-bond donors (Lipinski definition) is 0. The Morgan fingerprint density at radius 1 is 1.57 bits per heavy atom. The minimum absolute atomic E-state index is 0.685. The van der Waals surface area contributed by atoms with Gasteiger partial charge in [-0.15, -0.1) is 22.9 Å². The van der Waals surface area contributed by atoms with E-state index in [0.29, 0.717) is 5.25 Å². The molecule has 78 valence electrons. The summed E-state index contributed by atoms with van der Waals surface area (Å²) in [4.78, 5) is 4.67. The zero-order valence-corrected chi connectivity index (χ0v) is 10.4. The molecular weight excluding hydrogens is 234 g/mol. The molecule has 0 aromatic carbocycles. The fourth-order valence-corrected chi connectivity index (χ4v) is 4.12. The molecule has 0 spiro atoms. The van der Waals surface area contributed by atoms with Crippen LogP contribution in [0.15, 0.2) is 5.38 Å². The Morgan fingerprint density at radius 3 is 3.21 bits per heavy atom. The van der Waals surface area contributed by atoms with Crippen molar-refractivity contribution in [3.05, 3.63) is 16.1 Å². The minimum Gasteiger partial charge on any atom is -0.245 e. The number of halogens is 1. The van der Waals surface area contributed by atoms with Gasteiger partial charge in [0, 0.05) is 11.3 Å². The van der Waals surface area contributed by atoms with Crippen LogP contribution in [0.3, 0.4) is 0 Å². The van der Waals surface area contributed by atoms with E-state index in [1.54, 1.807) is 0 Å². The molecule has 1 aromatic heterocycles. The van der Waals surface area contributed by atoms with Crippen molar-refractivity contribution < 1.29 is 0 Å². The number of thioether (sulfide) groups is 1. The highest BCUT2D eigenvalue weighted by Gasteiger charge is 2.20. The first kappa shape index (κ1) is 10.8. The fraction of sp³-hybridized carbons (Fsp3) is 0.700. The van der Waals surface area contributed by atoms with Crippen LogP contribution in [0.2, 0.25) is 0 Å². The lowest BCUT2D eigenvalue weighted by Gasteiger charge is -2.01. The van der Waals surface area contributed by atoms with Crippen LogP contribution in [0, 0.1) is 0 Å². The standard InChI is InChI=1S/C10H14ClNS2/c11-5-1-3-8-7-14-10(12-8)9-4-2-6-13-9/h7,9H,1-6H2. The smallest absolute Gasteiger partial charge is 0.106 e. The van der Waals surface area contributed by atoms with E-state index in [1.165, 1.54) is 29.3 Å². The molecule has 1 aliphatic rings. The van der Waals surface area contributed by atoms with Gasteiger partial charge in [-0.25, -0.2) is 4.98 Å². The largest absolute Gasteiger partial charge is 0.245 e. The van der Waals surface area contributed by atoms with Gasteiger partial charge >= 0.3 is 0 Å². The van der Waals surface area contributed by atoms with Gasteiger partial charge in [-0.1, -0.05) is 0 Å². The van der Waals surface area contributed by atoms with Crippen LogP contribution in [0.4, 0.5) is 0 Å². The summed E-state index contributed by atoms with van der Waals surface area (Å²) in [5.74, 6) is 2.05. The third-order valence-corrected chi connectivity index (χ3v) is 5.15. The average Bonchev–Trinajstić information content (AvgIpc) is 2.85. The quantitative estimate of drug-likeness (QED) is 0.749. The first-order chi connectivity index (χ1) is 6.90. The van der Waals surface area contributed by atoms with Gasteiger partial charge in [0.25, 0.3) is 0 Å². The highest BCUT2D eigenvalue weighted by atomic mass is 35.5. The molecule has 1 nitrogen and oxygen atoms in total. The summed E-state index contributed by atoms with van der Waals surface area (Å²) in [5, 5.41) is 4.21. The highest BCUT2D eigenvalue weighted by Crippen LogP contribution is 2.40. The predicted octanol–water partition coefficient (Wildman–Crippen LogP) is 3.88. The van der Waals surface area contributed by atoms with E-state index in [1.807, 2.05) is 11.3 Å². The van der Waals surface area contributed by atoms with Gasteiger partial charge < -0.3 is 0 Å². The summed E-state index contributed by atoms with van der Waals surface area (Å²) in [6.45, 7) is 0. The zero-order valence-electron chi connectivity index (χ0n) is 8.04. The highest BCUT2D eigenvalue weighted by molar-refractivity contribution is 7.99. The second-order valence-corrected chi connectivity index (χ2v) is 6.05. The molecule has 1 aromatic rings. The van der Waals surface area contributed by atoms with Crippen molar-refractivity contribution in [3.63, 3.8) is 0 Å². The van der Waals surface area contributed by atoms with E-state index in [-0.39, 0.29) is 0 Å². The van der Waals surface area contributed by atoms with E-state index in [4.69, 9.17) is 11.6 Å². The third kappa shape index (κ3) is 2.65. The maximum atomic E-state index is 5.66. The van der Waals surface area contributed by atoms with Crippen molar-refractivity contribution in [2.24, 2.45) is 0 Å². The van der Waals surface area contributed by atoms with Gasteiger partial charge in [-0.05, 0) is 31.4 Å². The average molecular weight is 248 g/mol. The fourth-order valence-electron chi connectivity index (χ4n) is 1.61. The molecule has 0 amide bonds. The molecule has 1 aliphatic heterocycles. The van der Waals surface area contributed by atoms with Crippen molar-refractivity contribution in [3.8, 4) is 0 Å². The maximum Gasteiger partial charge on any atom is 0.106 e. The van der Waals surface area contributed by atoms with Crippen LogP contribution in [0.25, 0.3) is 0 Å². The Balaban J connectivity index is 1.94. The summed E-state index contributed by atoms with van der Waals surface area (Å²) in [7, 11) is 0. The molecule has 0 aliphatic carbocycles. The monoisotopic (exact) mass is 247 g/mol. The zero-order chi connectivity index (χ0) is 9.80. The lowest BCUT2D eigenvalue weighted by molar-refractivity contribution is 0.810. The number of thiazole rings is 1. The van der Waals surface area contributed by atoms with Crippen LogP contribution in [0.5, 0.6) is 0 Å². The first-order valence-electron chi connectivity index (χ1n) is 5.02. The Kier molecular flexibility index (Phi) is 4.14. The van der Waals surface area contributed by atoms with Gasteiger partial charge in [0.15, 0.2) is 0 Å². The normalized spacial score (nSPS) is 21.6. The van der Waals surface area contributed by atoms with Crippen molar-refractivity contribution in [2.45, 2.75) is 30.9 Å². The molecule has 1 saturated heterocycles. The number of rotatable bonds is 4. The molecule has 0 N–H and O–H groups in total. The van der Waals surface area contributed by atoms with Gasteiger partial charge in [-0.3, -0.25) is 0 Å². The molecule has 0 saturated carbocycles. The van der Waals surface area contributed by atoms with Crippen LogP contribution in [-0.2, 0) is 6.42 Å². The predicted molar refractivity (Wildman–Crippen MR) is 65.6 cm³/mol. The SMILES string of the molecule is ClCCCc1csc(C2CCCS2)n1. The molecule has 1 fully saturated rings. The number of aromatic nitrogens is 1. The molecular formula is C10H14ClNS2. The van der Waals surface area contributed by atoms with Gasteiger partial charge in [-0.2, -0.15) is 11.8 Å². The van der Waals surface area contributed by atoms with Crippen LogP contribution < -0.4 is 0 Å². The van der Waals surface area contributed by atoms with E-state index in [2.05, 4.69) is 22.1 Å². The molecule has 2 heterocycles. The molecule has 1 atom stereocenters. The molecule has 1 unspecified atom stereocenters. The molecule has 14 heavy (non-hydrogen) atoms. The number of nitrogens with zero attached hydrogens (tertiary/aromatic N) is 1. The Hall–Kier alpha value is 0.270. The van der Waals surface area contributed by atoms with Gasteiger partial charge in [0.05, 0.1) is 10.9 Å². The lowest BCUT2D eigenvalue weighted by atomic mass is 10.2. The third-order valence-electron chi connectivity index (χ3n) is 2.34. The van der Waals surface area contributed by atoms with Crippen LogP contribution in [-0.4, -0.2) is 16.6 Å². The second kappa shape index (κ2) is 5.38. The van der Waals surface area contributed by atoms with Crippen LogP contribution in [0.1, 0.15) is 35.2 Å². The summed E-state index contributed by atoms with van der Waals surface area (Å²) >= 11 is 9.53. The topological polar surface area (TPSA) is 12.9 Å². The Labute approximate surface area is 98.3 Å². The van der Waals surface area contributed by atoms with Crippen LogP contribution >= 0.6 is 34.7 Å². The van der Waals surface area contributed by atoms with E-state index in [9.17, 15) is 0 Å². The summed E-state index contributed by atoms with van der Waals surface area (Å²) < 4.78 is 0. The second-order valence-electron chi connectivity index (χ2n) is 3.47. The molecule has 2 rings (SSSR count). The summed E-state index contributed by atoms with van der Waals surface area (Å²) in [6, 6.07) is 0. The van der Waals surface area contributed by atoms with Gasteiger partial charge in [0.2, 0.25) is 0 Å². The molecule has 0 bridgehead atoms. The molecule has 0 radical (unpaired) electrons. The van der Waals surface area contributed by atoms with Gasteiger partial charge in [0.1, 0.15) is 5.01 Å². The van der Waals surface area contributed by atoms with E-state index < -0.39 is 0 Å². The number of hydrogen-bond acceptors (Lipinski definition) is 3. The summed E-state index contributed by atoms with van der Waals surface area (Å²) in [6.07, 6.45) is 4.75. The van der Waals surface area contributed by atoms with Crippen molar-refractivity contribution >= 4 is 34.7 Å². The number of alkyl halides is 1.